The fourth-order valence-electron chi connectivity index (χ4n) is 15.0. The molecule has 0 atom stereocenters. The molecule has 0 amide bonds. The molecule has 8 aromatic heterocycles. The van der Waals surface area contributed by atoms with Gasteiger partial charge in [0.15, 0.2) is 0 Å². The first kappa shape index (κ1) is 72.5. The Labute approximate surface area is 665 Å². The van der Waals surface area contributed by atoms with E-state index in [1.807, 2.05) is 136 Å². The molecule has 16 aromatic carbocycles. The molecule has 4 nitrogen and oxygen atoms in total. The fraction of sp³-hybridized carbons (Fsp3) is 0.0769. The summed E-state index contributed by atoms with van der Waals surface area (Å²) >= 11 is 7.51. The maximum absolute atomic E-state index is 5.78. The molecule has 0 aliphatic heterocycles. The second-order valence-corrected chi connectivity index (χ2v) is 32.9. The lowest BCUT2D eigenvalue weighted by molar-refractivity contribution is 0.665. The predicted octanol–water partition coefficient (Wildman–Crippen LogP) is 33.0. The molecular weight excluding hydrogens is 1440 g/mol. The molecule has 8 heterocycles. The van der Waals surface area contributed by atoms with Crippen molar-refractivity contribution in [2.24, 2.45) is 0 Å². The molecule has 112 heavy (non-hydrogen) atoms. The van der Waals surface area contributed by atoms with Crippen LogP contribution < -0.4 is 0 Å². The molecule has 0 saturated carbocycles. The minimum atomic E-state index is 0.966. The zero-order valence-electron chi connectivity index (χ0n) is 63.6. The first-order chi connectivity index (χ1) is 54.8. The molecule has 24 rings (SSSR count). The van der Waals surface area contributed by atoms with Crippen LogP contribution in [0.4, 0.5) is 0 Å². The Bertz CT molecular complexity index is 7030. The molecule has 8 heteroatoms. The average Bonchev–Trinajstić information content (AvgIpc) is 1.64. The van der Waals surface area contributed by atoms with Crippen LogP contribution in [0.5, 0.6) is 0 Å². The monoisotopic (exact) mass is 1520 g/mol. The maximum Gasteiger partial charge on any atom is 0.138 e. The molecule has 24 aromatic rings. The van der Waals surface area contributed by atoms with Gasteiger partial charge in [0.1, 0.15) is 44.7 Å². The van der Waals surface area contributed by atoms with Gasteiger partial charge in [0, 0.05) is 124 Å². The van der Waals surface area contributed by atoms with E-state index in [0.29, 0.717) is 0 Å². The summed E-state index contributed by atoms with van der Waals surface area (Å²) < 4.78 is 34.1. The molecular formula is C104H80O4S4. The van der Waals surface area contributed by atoms with Gasteiger partial charge >= 0.3 is 0 Å². The highest BCUT2D eigenvalue weighted by Crippen LogP contribution is 2.40. The van der Waals surface area contributed by atoms with E-state index in [2.05, 4.69) is 304 Å². The Balaban J connectivity index is 0.0000000929. The summed E-state index contributed by atoms with van der Waals surface area (Å²) in [7, 11) is 0. The third-order valence-corrected chi connectivity index (χ3v) is 25.3. The Morgan fingerprint density at radius 3 is 1.19 bits per heavy atom. The van der Waals surface area contributed by atoms with Crippen molar-refractivity contribution in [1.29, 1.82) is 0 Å². The van der Waals surface area contributed by atoms with Crippen LogP contribution in [-0.2, 0) is 0 Å². The van der Waals surface area contributed by atoms with E-state index in [1.165, 1.54) is 168 Å². The number of furan rings is 4. The molecule has 0 radical (unpaired) electrons. The van der Waals surface area contributed by atoms with E-state index >= 15 is 0 Å². The highest BCUT2D eigenvalue weighted by Gasteiger charge is 2.13. The highest BCUT2D eigenvalue weighted by molar-refractivity contribution is 7.27. The van der Waals surface area contributed by atoms with Gasteiger partial charge in [0.05, 0.1) is 0 Å². The number of para-hydroxylation sites is 5. The molecule has 0 bridgehead atoms. The van der Waals surface area contributed by atoms with Crippen LogP contribution in [0.3, 0.4) is 0 Å². The second kappa shape index (κ2) is 31.9. The summed E-state index contributed by atoms with van der Waals surface area (Å²) in [6, 6.07) is 118. The molecule has 0 fully saturated rings. The van der Waals surface area contributed by atoms with Crippen molar-refractivity contribution in [2.75, 3.05) is 0 Å². The Morgan fingerprint density at radius 2 is 0.518 bits per heavy atom. The van der Waals surface area contributed by atoms with Gasteiger partial charge in [-0.25, -0.2) is 0 Å². The lowest BCUT2D eigenvalue weighted by atomic mass is 10.1. The van der Waals surface area contributed by atoms with E-state index in [1.54, 1.807) is 0 Å². The topological polar surface area (TPSA) is 52.6 Å². The second-order valence-electron chi connectivity index (χ2n) is 28.6. The minimum absolute atomic E-state index is 0.966. The zero-order chi connectivity index (χ0) is 76.3. The van der Waals surface area contributed by atoms with Gasteiger partial charge in [-0.15, -0.1) is 45.3 Å². The average molecular weight is 1520 g/mol. The van der Waals surface area contributed by atoms with Crippen LogP contribution in [0.2, 0.25) is 0 Å². The third kappa shape index (κ3) is 14.9. The van der Waals surface area contributed by atoms with E-state index < -0.39 is 0 Å². The van der Waals surface area contributed by atoms with E-state index in [0.717, 1.165) is 44.7 Å². The number of fused-ring (bicyclic) bond motifs is 24. The SMILES string of the molecule is Cc1ccc2c(c1)oc1ccccc12.Cc1ccc2c(c1)sc1ccccc12.Cc1ccc2oc3ccccc3c2c1.Cc1ccc2sc3ccccc3c2c1.Cc1cccc2c1oc1ccccc12.Cc1cccc2c1sc1ccccc12.Cc1cccc2oc3ccccc3c12.Cc1cccc2sc3ccccc3c12. The van der Waals surface area contributed by atoms with Gasteiger partial charge < -0.3 is 17.7 Å². The molecule has 0 saturated heterocycles. The normalized spacial score (nSPS) is 11.2. The smallest absolute Gasteiger partial charge is 0.138 e. The number of thiophene rings is 4. The number of hydrogen-bond acceptors (Lipinski definition) is 8. The quantitative estimate of drug-likeness (QED) is 0.152. The highest BCUT2D eigenvalue weighted by atomic mass is 32.1. The number of benzene rings is 16. The van der Waals surface area contributed by atoms with Gasteiger partial charge in [-0.2, -0.15) is 0 Å². The van der Waals surface area contributed by atoms with Crippen molar-refractivity contribution < 1.29 is 17.7 Å². The molecule has 0 aliphatic carbocycles. The van der Waals surface area contributed by atoms with Crippen LogP contribution >= 0.6 is 45.3 Å². The van der Waals surface area contributed by atoms with Crippen molar-refractivity contribution >= 4 is 214 Å². The molecule has 544 valence electrons. The maximum atomic E-state index is 5.78. The lowest BCUT2D eigenvalue weighted by Gasteiger charge is -1.95. The van der Waals surface area contributed by atoms with Crippen molar-refractivity contribution in [3.8, 4) is 0 Å². The van der Waals surface area contributed by atoms with E-state index in [-0.39, 0.29) is 0 Å². The van der Waals surface area contributed by atoms with E-state index in [9.17, 15) is 0 Å². The van der Waals surface area contributed by atoms with Crippen LogP contribution in [0.25, 0.3) is 168 Å². The van der Waals surface area contributed by atoms with E-state index in [4.69, 9.17) is 17.7 Å². The third-order valence-electron chi connectivity index (χ3n) is 20.6. The molecule has 0 unspecified atom stereocenters. The Morgan fingerprint density at radius 1 is 0.170 bits per heavy atom. The van der Waals surface area contributed by atoms with Crippen molar-refractivity contribution in [3.05, 3.63) is 384 Å². The van der Waals surface area contributed by atoms with Gasteiger partial charge in [-0.1, -0.05) is 254 Å². The Kier molecular flexibility index (Phi) is 20.6. The minimum Gasteiger partial charge on any atom is -0.456 e. The summed E-state index contributed by atoms with van der Waals surface area (Å²) in [5.74, 6) is 0. The van der Waals surface area contributed by atoms with Crippen molar-refractivity contribution in [2.45, 2.75) is 55.4 Å². The number of aryl methyl sites for hydroxylation is 8. The largest absolute Gasteiger partial charge is 0.456 e. The predicted molar refractivity (Wildman–Crippen MR) is 490 cm³/mol. The number of hydrogen-bond donors (Lipinski definition) is 0. The first-order valence-corrected chi connectivity index (χ1v) is 41.1. The van der Waals surface area contributed by atoms with Crippen LogP contribution in [-0.4, -0.2) is 0 Å². The van der Waals surface area contributed by atoms with Crippen molar-refractivity contribution in [3.63, 3.8) is 0 Å². The number of rotatable bonds is 0. The van der Waals surface area contributed by atoms with Gasteiger partial charge in [-0.3, -0.25) is 0 Å². The zero-order valence-corrected chi connectivity index (χ0v) is 66.9. The molecule has 0 N–H and O–H groups in total. The van der Waals surface area contributed by atoms with Crippen LogP contribution in [0.1, 0.15) is 44.5 Å². The van der Waals surface area contributed by atoms with Gasteiger partial charge in [0.25, 0.3) is 0 Å². The summed E-state index contributed by atoms with van der Waals surface area (Å²) in [5.41, 5.74) is 18.2. The van der Waals surface area contributed by atoms with Crippen LogP contribution in [0, 0.1) is 55.4 Å². The summed E-state index contributed by atoms with van der Waals surface area (Å²) in [5, 5.41) is 20.8. The van der Waals surface area contributed by atoms with Crippen LogP contribution in [0.15, 0.2) is 357 Å². The van der Waals surface area contributed by atoms with Crippen molar-refractivity contribution in [1.82, 2.24) is 0 Å². The fourth-order valence-corrected chi connectivity index (χ4v) is 19.7. The first-order valence-electron chi connectivity index (χ1n) is 37.8. The summed E-state index contributed by atoms with van der Waals surface area (Å²) in [6.07, 6.45) is 0. The molecule has 0 aliphatic rings. The lowest BCUT2D eigenvalue weighted by Crippen LogP contribution is -1.72. The summed E-state index contributed by atoms with van der Waals surface area (Å²) in [4.78, 5) is 0. The van der Waals surface area contributed by atoms with Gasteiger partial charge in [0.2, 0.25) is 0 Å². The van der Waals surface area contributed by atoms with Gasteiger partial charge in [-0.05, 0) is 186 Å². The Hall–Kier alpha value is -12.4. The standard InChI is InChI=1S/4C13H10O.4C13H10S/c1-9-5-4-7-11-10-6-2-3-8-12(10)14-13(9)11;1-9-5-4-8-12-13(9)10-6-2-3-7-11(10)14-12;1-9-6-7-13-11(8-9)10-4-2-3-5-12(10)14-13;1-9-6-7-11-10-4-2-3-5-12(10)14-13(11)8-9;1-9-5-4-7-11-10-6-2-3-8-12(10)14-13(9)11;1-9-5-4-8-12-13(9)10-6-2-3-7-11(10)14-12;1-9-6-7-13-11(8-9)10-4-2-3-5-12(10)14-13;1-9-6-7-11-10-4-2-3-5-12(10)14-13(11)8-9/h8*2-8H,1H3. The molecule has 0 spiro atoms. The summed E-state index contributed by atoms with van der Waals surface area (Å²) in [6.45, 7) is 17.0.